The Hall–Kier alpha value is -0.320. The van der Waals surface area contributed by atoms with Crippen molar-refractivity contribution in [1.82, 2.24) is 0 Å². The monoisotopic (exact) mass is 252 g/mol. The minimum absolute atomic E-state index is 0. The Kier molecular flexibility index (Phi) is 13.6. The maximum atomic E-state index is 10.7. The van der Waals surface area contributed by atoms with Gasteiger partial charge in [-0.2, -0.15) is 0 Å². The Balaban J connectivity index is 0. The van der Waals surface area contributed by atoms with Crippen LogP contribution in [0.4, 0.5) is 0 Å². The molecular weight excluding hydrogens is 231 g/mol. The molecule has 0 spiro atoms. The van der Waals surface area contributed by atoms with Crippen LogP contribution in [0.15, 0.2) is 12.2 Å². The summed E-state index contributed by atoms with van der Waals surface area (Å²) in [5.74, 6) is -3.06. The van der Waals surface area contributed by atoms with E-state index in [0.29, 0.717) is 0 Å². The van der Waals surface area contributed by atoms with Crippen molar-refractivity contribution < 1.29 is 19.8 Å². The van der Waals surface area contributed by atoms with Gasteiger partial charge >= 0.3 is 41.5 Å². The van der Waals surface area contributed by atoms with Crippen LogP contribution in [0.3, 0.4) is 0 Å². The number of hydrogen-bond donors (Lipinski definition) is 2. The van der Waals surface area contributed by atoms with Crippen LogP contribution >= 0.6 is 0 Å². The van der Waals surface area contributed by atoms with Gasteiger partial charge < -0.3 is 10.2 Å². The molecule has 0 rings (SSSR count). The Morgan fingerprint density at radius 1 is 1.18 bits per heavy atom. The third kappa shape index (κ3) is 11.9. The second-order valence-corrected chi connectivity index (χ2v) is 3.82. The van der Waals surface area contributed by atoms with Gasteiger partial charge in [0.05, 0.1) is 12.3 Å². The first kappa shape index (κ1) is 19.0. The summed E-state index contributed by atoms with van der Waals surface area (Å²) in [6.45, 7) is 2.13. The van der Waals surface area contributed by atoms with Crippen LogP contribution < -0.4 is 0 Å². The van der Waals surface area contributed by atoms with E-state index in [4.69, 9.17) is 10.2 Å². The van der Waals surface area contributed by atoms with Crippen molar-refractivity contribution in [3.05, 3.63) is 12.2 Å². The molecule has 0 aromatic carbocycles. The van der Waals surface area contributed by atoms with Crippen molar-refractivity contribution in [3.8, 4) is 0 Å². The molecular formula is C12H21NaO4. The molecule has 0 heterocycles. The molecule has 94 valence electrons. The van der Waals surface area contributed by atoms with Crippen LogP contribution in [-0.2, 0) is 9.59 Å². The first-order valence-electron chi connectivity index (χ1n) is 5.69. The van der Waals surface area contributed by atoms with Gasteiger partial charge in [0.15, 0.2) is 0 Å². The fourth-order valence-corrected chi connectivity index (χ4v) is 1.38. The van der Waals surface area contributed by atoms with Crippen LogP contribution in [-0.4, -0.2) is 51.7 Å². The summed E-state index contributed by atoms with van der Waals surface area (Å²) in [4.78, 5) is 21.1. The second-order valence-electron chi connectivity index (χ2n) is 3.82. The van der Waals surface area contributed by atoms with Crippen LogP contribution in [0.5, 0.6) is 0 Å². The molecule has 0 amide bonds. The molecule has 1 unspecified atom stereocenters. The molecule has 0 radical (unpaired) electrons. The standard InChI is InChI=1S/C12H20O4.Na.H/c1-2-3-4-5-6-7-8-10(12(15)16)9-11(13)14;;/h7-8,10H,2-6,9H2,1H3,(H,13,14)(H,15,16);;/b8-7+;;. The van der Waals surface area contributed by atoms with E-state index in [1.807, 2.05) is 0 Å². The van der Waals surface area contributed by atoms with Gasteiger partial charge in [-0.05, 0) is 12.8 Å². The molecule has 2 N–H and O–H groups in total. The molecule has 0 aromatic heterocycles. The molecule has 0 fully saturated rings. The van der Waals surface area contributed by atoms with Crippen molar-refractivity contribution in [3.63, 3.8) is 0 Å². The van der Waals surface area contributed by atoms with Crippen molar-refractivity contribution in [2.24, 2.45) is 5.92 Å². The van der Waals surface area contributed by atoms with E-state index in [1.54, 1.807) is 6.08 Å². The minimum atomic E-state index is -1.08. The third-order valence-electron chi connectivity index (χ3n) is 2.30. The molecule has 0 aliphatic carbocycles. The van der Waals surface area contributed by atoms with Crippen LogP contribution in [0, 0.1) is 5.92 Å². The number of aliphatic carboxylic acids is 2. The van der Waals surface area contributed by atoms with Crippen molar-refractivity contribution in [2.75, 3.05) is 0 Å². The predicted molar refractivity (Wildman–Crippen MR) is 68.4 cm³/mol. The summed E-state index contributed by atoms with van der Waals surface area (Å²) in [6, 6.07) is 0. The second kappa shape index (κ2) is 12.1. The zero-order valence-electron chi connectivity index (χ0n) is 9.69. The SMILES string of the molecule is CCCCCC/C=C/C(CC(=O)O)C(=O)O.[NaH]. The number of hydrogen-bond acceptors (Lipinski definition) is 2. The van der Waals surface area contributed by atoms with Gasteiger partial charge in [0.25, 0.3) is 0 Å². The fraction of sp³-hybridized carbons (Fsp3) is 0.667. The molecule has 17 heavy (non-hydrogen) atoms. The number of rotatable bonds is 9. The van der Waals surface area contributed by atoms with Gasteiger partial charge in [0.2, 0.25) is 0 Å². The van der Waals surface area contributed by atoms with Crippen molar-refractivity contribution in [2.45, 2.75) is 45.4 Å². The predicted octanol–water partition coefficient (Wildman–Crippen LogP) is 2.04. The molecule has 1 atom stereocenters. The zero-order valence-corrected chi connectivity index (χ0v) is 9.69. The molecule has 0 aromatic rings. The first-order valence-corrected chi connectivity index (χ1v) is 5.69. The normalized spacial score (nSPS) is 12.1. The maximum absolute atomic E-state index is 10.7. The Labute approximate surface area is 124 Å². The topological polar surface area (TPSA) is 74.6 Å². The molecule has 5 heteroatoms. The van der Waals surface area contributed by atoms with Crippen LogP contribution in [0.2, 0.25) is 0 Å². The third-order valence-corrected chi connectivity index (χ3v) is 2.30. The Morgan fingerprint density at radius 2 is 1.82 bits per heavy atom. The van der Waals surface area contributed by atoms with Gasteiger partial charge in [-0.15, -0.1) is 0 Å². The first-order chi connectivity index (χ1) is 7.57. The van der Waals surface area contributed by atoms with E-state index in [1.165, 1.54) is 18.9 Å². The van der Waals surface area contributed by atoms with E-state index < -0.39 is 17.9 Å². The number of carboxylic acid groups (broad SMARTS) is 2. The van der Waals surface area contributed by atoms with E-state index >= 15 is 0 Å². The van der Waals surface area contributed by atoms with Gasteiger partial charge in [-0.1, -0.05) is 38.3 Å². The van der Waals surface area contributed by atoms with Crippen molar-refractivity contribution >= 4 is 41.5 Å². The summed E-state index contributed by atoms with van der Waals surface area (Å²) in [7, 11) is 0. The van der Waals surface area contributed by atoms with E-state index in [-0.39, 0.29) is 36.0 Å². The average molecular weight is 252 g/mol. The summed E-state index contributed by atoms with van der Waals surface area (Å²) < 4.78 is 0. The summed E-state index contributed by atoms with van der Waals surface area (Å²) >= 11 is 0. The molecule has 4 nitrogen and oxygen atoms in total. The molecule has 0 saturated heterocycles. The van der Waals surface area contributed by atoms with E-state index in [9.17, 15) is 9.59 Å². The van der Waals surface area contributed by atoms with Gasteiger partial charge in [0, 0.05) is 0 Å². The number of allylic oxidation sites excluding steroid dienone is 1. The molecule has 0 aliphatic rings. The van der Waals surface area contributed by atoms with E-state index in [2.05, 4.69) is 6.92 Å². The zero-order chi connectivity index (χ0) is 12.4. The van der Waals surface area contributed by atoms with Gasteiger partial charge in [0.1, 0.15) is 0 Å². The number of carboxylic acids is 2. The Bertz CT molecular complexity index is 251. The fourth-order valence-electron chi connectivity index (χ4n) is 1.38. The molecule has 0 bridgehead atoms. The van der Waals surface area contributed by atoms with Crippen molar-refractivity contribution in [1.29, 1.82) is 0 Å². The van der Waals surface area contributed by atoms with E-state index in [0.717, 1.165) is 19.3 Å². The van der Waals surface area contributed by atoms with Gasteiger partial charge in [-0.25, -0.2) is 0 Å². The Morgan fingerprint density at radius 3 is 2.29 bits per heavy atom. The van der Waals surface area contributed by atoms with Crippen LogP contribution in [0.25, 0.3) is 0 Å². The van der Waals surface area contributed by atoms with Crippen LogP contribution in [0.1, 0.15) is 45.4 Å². The summed E-state index contributed by atoms with van der Waals surface area (Å²) in [5.41, 5.74) is 0. The molecule has 0 saturated carbocycles. The quantitative estimate of drug-likeness (QED) is 0.374. The number of unbranched alkanes of at least 4 members (excludes halogenated alkanes) is 4. The number of carbonyl (C=O) groups is 2. The average Bonchev–Trinajstić information content (AvgIpc) is 2.20. The summed E-state index contributed by atoms with van der Waals surface area (Å²) in [5, 5.41) is 17.3. The van der Waals surface area contributed by atoms with Gasteiger partial charge in [-0.3, -0.25) is 9.59 Å². The molecule has 0 aliphatic heterocycles. The summed E-state index contributed by atoms with van der Waals surface area (Å²) in [6.07, 6.45) is 8.26.